The van der Waals surface area contributed by atoms with Crippen molar-refractivity contribution in [1.29, 1.82) is 0 Å². The van der Waals surface area contributed by atoms with Gasteiger partial charge >= 0.3 is 0 Å². The fourth-order valence-electron chi connectivity index (χ4n) is 2.24. The highest BCUT2D eigenvalue weighted by atomic mass is 16.2. The van der Waals surface area contributed by atoms with Gasteiger partial charge < -0.3 is 15.5 Å². The van der Waals surface area contributed by atoms with Crippen molar-refractivity contribution in [3.05, 3.63) is 18.3 Å². The number of aromatic nitrogens is 1. The topological polar surface area (TPSA) is 65.7 Å². The molecule has 1 aromatic rings. The van der Waals surface area contributed by atoms with Gasteiger partial charge in [-0.05, 0) is 19.1 Å². The van der Waals surface area contributed by atoms with Gasteiger partial charge in [-0.1, -0.05) is 0 Å². The zero-order chi connectivity index (χ0) is 14.5. The summed E-state index contributed by atoms with van der Waals surface area (Å²) in [5.41, 5.74) is 6.69. The number of piperazine rings is 1. The van der Waals surface area contributed by atoms with Crippen LogP contribution in [0.5, 0.6) is 0 Å². The van der Waals surface area contributed by atoms with Gasteiger partial charge in [-0.25, -0.2) is 4.98 Å². The molecule has 0 bridgehead atoms. The van der Waals surface area contributed by atoms with Crippen molar-refractivity contribution in [2.24, 2.45) is 0 Å². The molecule has 0 aromatic carbocycles. The van der Waals surface area contributed by atoms with Gasteiger partial charge in [0.15, 0.2) is 0 Å². The molecule has 0 aliphatic carbocycles. The third kappa shape index (κ3) is 3.60. The van der Waals surface area contributed by atoms with Crippen LogP contribution >= 0.6 is 0 Å². The summed E-state index contributed by atoms with van der Waals surface area (Å²) in [6, 6.07) is 3.81. The summed E-state index contributed by atoms with van der Waals surface area (Å²) < 4.78 is 0. The Kier molecular flexibility index (Phi) is 4.79. The first kappa shape index (κ1) is 14.6. The summed E-state index contributed by atoms with van der Waals surface area (Å²) in [6.07, 6.45) is 1.81. The second-order valence-electron chi connectivity index (χ2n) is 5.11. The van der Waals surface area contributed by atoms with E-state index in [2.05, 4.69) is 14.8 Å². The van der Waals surface area contributed by atoms with E-state index in [0.29, 0.717) is 12.4 Å². The molecule has 2 rings (SSSR count). The van der Waals surface area contributed by atoms with Crippen LogP contribution in [0, 0.1) is 0 Å². The smallest absolute Gasteiger partial charge is 0.236 e. The van der Waals surface area contributed by atoms with Crippen LogP contribution in [-0.2, 0) is 4.79 Å². The Labute approximate surface area is 120 Å². The number of nitrogens with zero attached hydrogens (tertiary/aromatic N) is 4. The van der Waals surface area contributed by atoms with Crippen LogP contribution in [0.2, 0.25) is 0 Å². The number of hydrogen-bond acceptors (Lipinski definition) is 5. The van der Waals surface area contributed by atoms with E-state index >= 15 is 0 Å². The lowest BCUT2D eigenvalue weighted by molar-refractivity contribution is -0.131. The highest BCUT2D eigenvalue weighted by Gasteiger charge is 2.20. The highest BCUT2D eigenvalue weighted by Crippen LogP contribution is 2.16. The maximum absolute atomic E-state index is 11.9. The number of hydrogen-bond donors (Lipinski definition) is 1. The zero-order valence-corrected chi connectivity index (χ0v) is 12.2. The van der Waals surface area contributed by atoms with Gasteiger partial charge in [0.25, 0.3) is 0 Å². The summed E-state index contributed by atoms with van der Waals surface area (Å²) in [7, 11) is 1.85. The molecule has 2 heterocycles. The quantitative estimate of drug-likeness (QED) is 0.855. The standard InChI is InChI=1S/C14H23N5O/c1-3-17(2)14(20)11-18-6-8-19(9-7-18)12-4-5-13(15)16-10-12/h4-5,10H,3,6-9,11H2,1-2H3,(H2,15,16). The molecule has 6 heteroatoms. The predicted octanol–water partition coefficient (Wildman–Crippen LogP) is 0.264. The molecule has 1 amide bonds. The lowest BCUT2D eigenvalue weighted by Crippen LogP contribution is -2.49. The highest BCUT2D eigenvalue weighted by molar-refractivity contribution is 5.78. The summed E-state index contributed by atoms with van der Waals surface area (Å²) in [4.78, 5) is 22.2. The van der Waals surface area contributed by atoms with Crippen molar-refractivity contribution in [3.8, 4) is 0 Å². The minimum absolute atomic E-state index is 0.190. The Morgan fingerprint density at radius 1 is 1.35 bits per heavy atom. The van der Waals surface area contributed by atoms with Crippen molar-refractivity contribution in [1.82, 2.24) is 14.8 Å². The normalized spacial score (nSPS) is 16.2. The number of pyridine rings is 1. The molecule has 0 unspecified atom stereocenters. The largest absolute Gasteiger partial charge is 0.384 e. The Balaban J connectivity index is 1.83. The van der Waals surface area contributed by atoms with Crippen LogP contribution in [0.3, 0.4) is 0 Å². The van der Waals surface area contributed by atoms with Crippen LogP contribution in [0.25, 0.3) is 0 Å². The lowest BCUT2D eigenvalue weighted by atomic mass is 10.2. The summed E-state index contributed by atoms with van der Waals surface area (Å²) >= 11 is 0. The Bertz CT molecular complexity index is 439. The van der Waals surface area contributed by atoms with E-state index < -0.39 is 0 Å². The average Bonchev–Trinajstić information content (AvgIpc) is 2.48. The molecule has 0 spiro atoms. The van der Waals surface area contributed by atoms with Crippen LogP contribution < -0.4 is 10.6 Å². The van der Waals surface area contributed by atoms with E-state index in [-0.39, 0.29) is 5.91 Å². The first-order valence-electron chi connectivity index (χ1n) is 7.03. The van der Waals surface area contributed by atoms with Crippen molar-refractivity contribution in [3.63, 3.8) is 0 Å². The van der Waals surface area contributed by atoms with Gasteiger partial charge in [0.05, 0.1) is 18.4 Å². The Hall–Kier alpha value is -1.82. The van der Waals surface area contributed by atoms with Gasteiger partial charge in [0, 0.05) is 39.8 Å². The molecule has 1 saturated heterocycles. The van der Waals surface area contributed by atoms with Gasteiger partial charge in [0.2, 0.25) is 5.91 Å². The molecular formula is C14H23N5O. The average molecular weight is 277 g/mol. The van der Waals surface area contributed by atoms with E-state index in [1.807, 2.05) is 26.1 Å². The molecule has 1 fully saturated rings. The van der Waals surface area contributed by atoms with Crippen molar-refractivity contribution in [2.45, 2.75) is 6.92 Å². The summed E-state index contributed by atoms with van der Waals surface area (Å²) in [5, 5.41) is 0. The van der Waals surface area contributed by atoms with Crippen molar-refractivity contribution < 1.29 is 4.79 Å². The van der Waals surface area contributed by atoms with Crippen LogP contribution in [0.15, 0.2) is 18.3 Å². The van der Waals surface area contributed by atoms with Crippen LogP contribution in [0.1, 0.15) is 6.92 Å². The van der Waals surface area contributed by atoms with Crippen molar-refractivity contribution in [2.75, 3.05) is 56.9 Å². The fourth-order valence-corrected chi connectivity index (χ4v) is 2.24. The molecule has 1 aromatic heterocycles. The molecule has 6 nitrogen and oxygen atoms in total. The molecule has 0 saturated carbocycles. The number of amides is 1. The second-order valence-corrected chi connectivity index (χ2v) is 5.11. The second kappa shape index (κ2) is 6.56. The number of carbonyl (C=O) groups is 1. The van der Waals surface area contributed by atoms with Gasteiger partial charge in [-0.3, -0.25) is 9.69 Å². The fraction of sp³-hybridized carbons (Fsp3) is 0.571. The predicted molar refractivity (Wildman–Crippen MR) is 80.6 cm³/mol. The van der Waals surface area contributed by atoms with Gasteiger partial charge in [-0.15, -0.1) is 0 Å². The van der Waals surface area contributed by atoms with Crippen LogP contribution in [-0.4, -0.2) is 67.0 Å². The molecular weight excluding hydrogens is 254 g/mol. The van der Waals surface area contributed by atoms with E-state index in [1.54, 1.807) is 11.1 Å². The number of rotatable bonds is 4. The molecule has 110 valence electrons. The number of likely N-dealkylation sites (N-methyl/N-ethyl adjacent to an activating group) is 1. The SMILES string of the molecule is CCN(C)C(=O)CN1CCN(c2ccc(N)nc2)CC1. The molecule has 1 aliphatic rings. The number of nitrogens with two attached hydrogens (primary N) is 1. The van der Waals surface area contributed by atoms with E-state index in [9.17, 15) is 4.79 Å². The lowest BCUT2D eigenvalue weighted by Gasteiger charge is -2.36. The summed E-state index contributed by atoms with van der Waals surface area (Å²) in [6.45, 7) is 6.88. The first-order valence-corrected chi connectivity index (χ1v) is 7.03. The molecule has 0 radical (unpaired) electrons. The maximum atomic E-state index is 11.9. The molecule has 0 atom stereocenters. The summed E-state index contributed by atoms with van der Waals surface area (Å²) in [5.74, 6) is 0.732. The number of nitrogen functional groups attached to an aromatic ring is 1. The third-order valence-corrected chi connectivity index (χ3v) is 3.77. The monoisotopic (exact) mass is 277 g/mol. The molecule has 1 aliphatic heterocycles. The third-order valence-electron chi connectivity index (χ3n) is 3.77. The Morgan fingerprint density at radius 3 is 2.60 bits per heavy atom. The van der Waals surface area contributed by atoms with E-state index in [1.165, 1.54) is 0 Å². The van der Waals surface area contributed by atoms with Gasteiger partial charge in [-0.2, -0.15) is 0 Å². The minimum Gasteiger partial charge on any atom is -0.384 e. The number of carbonyl (C=O) groups excluding carboxylic acids is 1. The zero-order valence-electron chi connectivity index (χ0n) is 12.2. The maximum Gasteiger partial charge on any atom is 0.236 e. The van der Waals surface area contributed by atoms with E-state index in [0.717, 1.165) is 38.4 Å². The minimum atomic E-state index is 0.190. The first-order chi connectivity index (χ1) is 9.60. The van der Waals surface area contributed by atoms with Gasteiger partial charge in [0.1, 0.15) is 5.82 Å². The molecule has 20 heavy (non-hydrogen) atoms. The molecule has 2 N–H and O–H groups in total. The van der Waals surface area contributed by atoms with Crippen LogP contribution in [0.4, 0.5) is 11.5 Å². The number of anilines is 2. The van der Waals surface area contributed by atoms with Crippen molar-refractivity contribution >= 4 is 17.4 Å². The Morgan fingerprint density at radius 2 is 2.05 bits per heavy atom. The van der Waals surface area contributed by atoms with E-state index in [4.69, 9.17) is 5.73 Å².